The van der Waals surface area contributed by atoms with Gasteiger partial charge in [0.05, 0.1) is 16.6 Å². The van der Waals surface area contributed by atoms with E-state index in [1.807, 2.05) is 19.1 Å². The maximum atomic E-state index is 13.1. The predicted octanol–water partition coefficient (Wildman–Crippen LogP) is 5.98. The van der Waals surface area contributed by atoms with Crippen molar-refractivity contribution >= 4 is 34.3 Å². The van der Waals surface area contributed by atoms with Crippen LogP contribution in [0.15, 0.2) is 65.1 Å². The highest BCUT2D eigenvalue weighted by molar-refractivity contribution is 9.10. The predicted molar refractivity (Wildman–Crippen MR) is 127 cm³/mol. The van der Waals surface area contributed by atoms with E-state index in [1.165, 1.54) is 12.1 Å². The molecule has 0 aromatic heterocycles. The first kappa shape index (κ1) is 25.6. The van der Waals surface area contributed by atoms with Crippen LogP contribution in [0.2, 0.25) is 0 Å². The Balaban J connectivity index is 0.00000363. The lowest BCUT2D eigenvalue weighted by molar-refractivity contribution is 0.0697. The summed E-state index contributed by atoms with van der Waals surface area (Å²) in [6.07, 6.45) is 0. The molecule has 0 unspecified atom stereocenters. The first-order valence-corrected chi connectivity index (χ1v) is 10.6. The normalized spacial score (nSPS) is 10.3. The summed E-state index contributed by atoms with van der Waals surface area (Å²) in [6, 6.07) is 16.8. The van der Waals surface area contributed by atoms with Crippen LogP contribution in [-0.4, -0.2) is 17.7 Å². The summed E-state index contributed by atoms with van der Waals surface area (Å²) >= 11 is 3.56. The number of nitrogens with one attached hydrogen (secondary N) is 1. The minimum Gasteiger partial charge on any atom is -0.490 e. The van der Waals surface area contributed by atoms with Crippen molar-refractivity contribution < 1.29 is 23.8 Å². The van der Waals surface area contributed by atoms with Crippen LogP contribution in [-0.2, 0) is 19.7 Å². The number of ether oxygens (including phenoxy) is 2. The molecule has 0 aliphatic carbocycles. The van der Waals surface area contributed by atoms with E-state index in [4.69, 9.17) is 14.6 Å². The SMILES string of the molecule is CCOc1cc(CNCc2ccc(C(=O)O)cc2)cc(Br)c1OCc1ccc(F)cc1.Cl. The Hall–Kier alpha value is -2.61. The number of hydrogen-bond donors (Lipinski definition) is 2. The van der Waals surface area contributed by atoms with Gasteiger partial charge >= 0.3 is 5.97 Å². The molecule has 0 saturated heterocycles. The molecule has 3 rings (SSSR count). The Morgan fingerprint density at radius 1 is 0.969 bits per heavy atom. The first-order valence-electron chi connectivity index (χ1n) is 9.81. The first-order chi connectivity index (χ1) is 15.0. The number of halogens is 3. The third-order valence-electron chi connectivity index (χ3n) is 4.52. The lowest BCUT2D eigenvalue weighted by atomic mass is 10.1. The molecule has 0 atom stereocenters. The number of carboxylic acids is 1. The number of benzene rings is 3. The standard InChI is InChI=1S/C24H23BrFNO4.ClH/c1-2-30-22-12-18(14-27-13-16-3-7-19(8-4-16)24(28)29)11-21(25)23(22)31-15-17-5-9-20(26)10-6-17;/h3-12,27H,2,13-15H2,1H3,(H,28,29);1H. The topological polar surface area (TPSA) is 67.8 Å². The summed E-state index contributed by atoms with van der Waals surface area (Å²) in [7, 11) is 0. The molecule has 0 fully saturated rings. The second-order valence-corrected chi connectivity index (χ2v) is 7.71. The van der Waals surface area contributed by atoms with E-state index < -0.39 is 5.97 Å². The van der Waals surface area contributed by atoms with Crippen molar-refractivity contribution in [2.75, 3.05) is 6.61 Å². The lowest BCUT2D eigenvalue weighted by Crippen LogP contribution is -2.13. The van der Waals surface area contributed by atoms with Crippen LogP contribution in [0.1, 0.15) is 34.0 Å². The third-order valence-corrected chi connectivity index (χ3v) is 5.11. The molecule has 8 heteroatoms. The van der Waals surface area contributed by atoms with Crippen LogP contribution in [0.4, 0.5) is 4.39 Å². The number of aromatic carboxylic acids is 1. The van der Waals surface area contributed by atoms with E-state index in [2.05, 4.69) is 21.2 Å². The Labute approximate surface area is 201 Å². The van der Waals surface area contributed by atoms with Gasteiger partial charge in [-0.05, 0) is 75.9 Å². The summed E-state index contributed by atoms with van der Waals surface area (Å²) in [5.74, 6) is 0.00458. The molecule has 0 saturated carbocycles. The van der Waals surface area contributed by atoms with Gasteiger partial charge < -0.3 is 19.9 Å². The van der Waals surface area contributed by atoms with Gasteiger partial charge in [0.15, 0.2) is 11.5 Å². The van der Waals surface area contributed by atoms with Crippen molar-refractivity contribution in [2.24, 2.45) is 0 Å². The lowest BCUT2D eigenvalue weighted by Gasteiger charge is -2.16. The number of rotatable bonds is 10. The largest absolute Gasteiger partial charge is 0.490 e. The molecule has 32 heavy (non-hydrogen) atoms. The summed E-state index contributed by atoms with van der Waals surface area (Å²) in [6.45, 7) is 3.89. The fourth-order valence-electron chi connectivity index (χ4n) is 2.98. The smallest absolute Gasteiger partial charge is 0.335 e. The van der Waals surface area contributed by atoms with E-state index in [1.54, 1.807) is 36.4 Å². The molecule has 0 radical (unpaired) electrons. The number of hydrogen-bond acceptors (Lipinski definition) is 4. The molecular formula is C24H24BrClFNO4. The average molecular weight is 525 g/mol. The summed E-state index contributed by atoms with van der Waals surface area (Å²) < 4.78 is 25.6. The fraction of sp³-hybridized carbons (Fsp3) is 0.208. The van der Waals surface area contributed by atoms with Crippen LogP contribution >= 0.6 is 28.3 Å². The van der Waals surface area contributed by atoms with Crippen LogP contribution in [0, 0.1) is 5.82 Å². The van der Waals surface area contributed by atoms with Crippen LogP contribution in [0.25, 0.3) is 0 Å². The molecule has 3 aromatic carbocycles. The Kier molecular flexibility index (Phi) is 9.97. The second-order valence-electron chi connectivity index (χ2n) is 6.86. The molecule has 0 bridgehead atoms. The van der Waals surface area contributed by atoms with Crippen molar-refractivity contribution in [3.05, 3.63) is 93.2 Å². The Morgan fingerprint density at radius 2 is 1.59 bits per heavy atom. The molecule has 0 amide bonds. The molecule has 2 N–H and O–H groups in total. The van der Waals surface area contributed by atoms with E-state index in [0.717, 1.165) is 21.2 Å². The molecule has 0 heterocycles. The quantitative estimate of drug-likeness (QED) is 0.342. The maximum Gasteiger partial charge on any atom is 0.335 e. The number of carbonyl (C=O) groups is 1. The van der Waals surface area contributed by atoms with E-state index in [9.17, 15) is 9.18 Å². The van der Waals surface area contributed by atoms with Crippen LogP contribution in [0.5, 0.6) is 11.5 Å². The van der Waals surface area contributed by atoms with Gasteiger partial charge in [-0.3, -0.25) is 0 Å². The number of carboxylic acid groups (broad SMARTS) is 1. The van der Waals surface area contributed by atoms with Gasteiger partial charge in [0.1, 0.15) is 12.4 Å². The molecule has 0 aliphatic rings. The van der Waals surface area contributed by atoms with E-state index >= 15 is 0 Å². The maximum absolute atomic E-state index is 13.1. The Morgan fingerprint density at radius 3 is 2.22 bits per heavy atom. The highest BCUT2D eigenvalue weighted by Gasteiger charge is 2.13. The molecule has 3 aromatic rings. The summed E-state index contributed by atoms with van der Waals surface area (Å²) in [5, 5.41) is 12.3. The minimum absolute atomic E-state index is 0. The van der Waals surface area contributed by atoms with Gasteiger partial charge in [-0.2, -0.15) is 0 Å². The van der Waals surface area contributed by atoms with Gasteiger partial charge in [-0.1, -0.05) is 24.3 Å². The van der Waals surface area contributed by atoms with Crippen LogP contribution in [0.3, 0.4) is 0 Å². The Bertz CT molecular complexity index is 1030. The van der Waals surface area contributed by atoms with Gasteiger partial charge in [-0.25, -0.2) is 9.18 Å². The molecule has 0 spiro atoms. The van der Waals surface area contributed by atoms with Crippen molar-refractivity contribution in [3.8, 4) is 11.5 Å². The zero-order chi connectivity index (χ0) is 22.2. The van der Waals surface area contributed by atoms with Gasteiger partial charge in [0.25, 0.3) is 0 Å². The summed E-state index contributed by atoms with van der Waals surface area (Å²) in [4.78, 5) is 10.9. The molecule has 170 valence electrons. The average Bonchev–Trinajstić information content (AvgIpc) is 2.75. The zero-order valence-corrected chi connectivity index (χ0v) is 19.8. The van der Waals surface area contributed by atoms with Crippen molar-refractivity contribution in [3.63, 3.8) is 0 Å². The highest BCUT2D eigenvalue weighted by Crippen LogP contribution is 2.37. The van der Waals surface area contributed by atoms with Gasteiger partial charge in [0, 0.05) is 13.1 Å². The monoisotopic (exact) mass is 523 g/mol. The molecule has 0 aliphatic heterocycles. The van der Waals surface area contributed by atoms with E-state index in [0.29, 0.717) is 37.8 Å². The van der Waals surface area contributed by atoms with Gasteiger partial charge in [-0.15, -0.1) is 12.4 Å². The fourth-order valence-corrected chi connectivity index (χ4v) is 3.58. The van der Waals surface area contributed by atoms with Crippen molar-refractivity contribution in [1.82, 2.24) is 5.32 Å². The zero-order valence-electron chi connectivity index (χ0n) is 17.4. The highest BCUT2D eigenvalue weighted by atomic mass is 79.9. The molecular weight excluding hydrogens is 501 g/mol. The molecule has 5 nitrogen and oxygen atoms in total. The van der Waals surface area contributed by atoms with Crippen molar-refractivity contribution in [2.45, 2.75) is 26.6 Å². The van der Waals surface area contributed by atoms with Crippen LogP contribution < -0.4 is 14.8 Å². The van der Waals surface area contributed by atoms with Crippen molar-refractivity contribution in [1.29, 1.82) is 0 Å². The minimum atomic E-state index is -0.936. The third kappa shape index (κ3) is 7.22. The summed E-state index contributed by atoms with van der Waals surface area (Å²) in [5.41, 5.74) is 3.13. The van der Waals surface area contributed by atoms with Gasteiger partial charge in [0.2, 0.25) is 0 Å². The second kappa shape index (κ2) is 12.4. The van der Waals surface area contributed by atoms with E-state index in [-0.39, 0.29) is 23.8 Å².